The minimum absolute atomic E-state index is 0.0481. The molecule has 0 bridgehead atoms. The summed E-state index contributed by atoms with van der Waals surface area (Å²) in [6.07, 6.45) is 1.14. The second-order valence-electron chi connectivity index (χ2n) is 12.1. The van der Waals surface area contributed by atoms with E-state index in [1.165, 1.54) is 13.0 Å². The number of methoxy groups -OCH3 is 6. The molecule has 0 unspecified atom stereocenters. The molecule has 5 rings (SSSR count). The molecule has 1 saturated heterocycles. The summed E-state index contributed by atoms with van der Waals surface area (Å²) in [6, 6.07) is 10.3. The van der Waals surface area contributed by atoms with Crippen molar-refractivity contribution in [3.05, 3.63) is 63.3 Å². The number of carbonyl (C=O) groups excluding carboxylic acids is 2. The van der Waals surface area contributed by atoms with Crippen molar-refractivity contribution in [2.24, 2.45) is 0 Å². The van der Waals surface area contributed by atoms with Gasteiger partial charge < -0.3 is 44.0 Å². The summed E-state index contributed by atoms with van der Waals surface area (Å²) in [6.45, 7) is 4.45. The maximum Gasteiger partial charge on any atom is 0.241 e. The van der Waals surface area contributed by atoms with E-state index in [9.17, 15) is 14.4 Å². The van der Waals surface area contributed by atoms with Gasteiger partial charge in [0, 0.05) is 50.8 Å². The number of hydrogen-bond acceptors (Lipinski definition) is 11. The van der Waals surface area contributed by atoms with Gasteiger partial charge in [-0.1, -0.05) is 12.1 Å². The molecule has 2 aliphatic rings. The number of amides is 2. The van der Waals surface area contributed by atoms with Gasteiger partial charge in [-0.2, -0.15) is 0 Å². The van der Waals surface area contributed by atoms with Crippen molar-refractivity contribution in [2.45, 2.75) is 32.4 Å². The Labute approximate surface area is 292 Å². The van der Waals surface area contributed by atoms with Crippen LogP contribution < -0.4 is 44.5 Å². The largest absolute Gasteiger partial charge is 0.493 e. The lowest BCUT2D eigenvalue weighted by atomic mass is 9.95. The van der Waals surface area contributed by atoms with Crippen molar-refractivity contribution in [1.82, 2.24) is 15.1 Å². The van der Waals surface area contributed by atoms with E-state index < -0.39 is 6.04 Å². The number of benzene rings is 2. The predicted molar refractivity (Wildman–Crippen MR) is 189 cm³/mol. The molecular weight excluding hydrogens is 644 g/mol. The van der Waals surface area contributed by atoms with Gasteiger partial charge in [-0.15, -0.1) is 0 Å². The summed E-state index contributed by atoms with van der Waals surface area (Å²) in [5.74, 6) is 2.87. The van der Waals surface area contributed by atoms with Crippen LogP contribution in [0.4, 0.5) is 5.69 Å². The Hall–Kier alpha value is -5.17. The first kappa shape index (κ1) is 36.1. The van der Waals surface area contributed by atoms with Crippen LogP contribution in [0.1, 0.15) is 36.1 Å². The summed E-state index contributed by atoms with van der Waals surface area (Å²) in [5.41, 5.74) is 3.99. The molecule has 2 amide bonds. The minimum atomic E-state index is -0.429. The summed E-state index contributed by atoms with van der Waals surface area (Å²) < 4.78 is 33.7. The smallest absolute Gasteiger partial charge is 0.241 e. The van der Waals surface area contributed by atoms with Gasteiger partial charge in [0.1, 0.15) is 0 Å². The maximum absolute atomic E-state index is 13.7. The summed E-state index contributed by atoms with van der Waals surface area (Å²) >= 11 is 0. The number of aryl methyl sites for hydroxylation is 1. The molecule has 1 fully saturated rings. The molecule has 1 heterocycles. The molecule has 1 aliphatic carbocycles. The molecule has 268 valence electrons. The van der Waals surface area contributed by atoms with Gasteiger partial charge in [0.25, 0.3) is 0 Å². The van der Waals surface area contributed by atoms with E-state index >= 15 is 0 Å². The van der Waals surface area contributed by atoms with Crippen LogP contribution in [0, 0.1) is 0 Å². The molecule has 1 atom stereocenters. The van der Waals surface area contributed by atoms with E-state index in [-0.39, 0.29) is 29.5 Å². The second-order valence-corrected chi connectivity index (χ2v) is 12.1. The minimum Gasteiger partial charge on any atom is -0.493 e. The molecule has 2 N–H and O–H groups in total. The van der Waals surface area contributed by atoms with Crippen molar-refractivity contribution in [3.8, 4) is 45.6 Å². The number of carbonyl (C=O) groups is 2. The van der Waals surface area contributed by atoms with Crippen LogP contribution in [0.25, 0.3) is 11.1 Å². The van der Waals surface area contributed by atoms with Gasteiger partial charge in [-0.05, 0) is 53.8 Å². The number of hydrogen-bond donors (Lipinski definition) is 2. The summed E-state index contributed by atoms with van der Waals surface area (Å²) in [5, 5.41) is 6.10. The van der Waals surface area contributed by atoms with Crippen LogP contribution in [0.15, 0.2) is 41.2 Å². The van der Waals surface area contributed by atoms with Gasteiger partial charge in [-0.25, -0.2) is 0 Å². The Morgan fingerprint density at radius 3 is 2.06 bits per heavy atom. The van der Waals surface area contributed by atoms with Crippen LogP contribution in [0.5, 0.6) is 34.5 Å². The third kappa shape index (κ3) is 7.37. The first-order valence-corrected chi connectivity index (χ1v) is 16.5. The topological polar surface area (TPSA) is 137 Å². The molecule has 1 aliphatic heterocycles. The van der Waals surface area contributed by atoms with Crippen LogP contribution >= 0.6 is 0 Å². The Morgan fingerprint density at radius 1 is 0.780 bits per heavy atom. The number of anilines is 1. The quantitative estimate of drug-likeness (QED) is 0.288. The highest BCUT2D eigenvalue weighted by atomic mass is 16.5. The highest BCUT2D eigenvalue weighted by molar-refractivity contribution is 5.84. The summed E-state index contributed by atoms with van der Waals surface area (Å²) in [7, 11) is 9.43. The molecule has 3 aromatic rings. The standard InChI is InChI=1S/C37H46N4O9/c1-22(42)39-27-11-8-23-18-31(46-3)36(49-6)37(50-7)33(23)25-10-12-28(29(43)19-26(25)27)38-20-32(44)41-16-14-40(15-17-41)21-24-9-13-30(45-2)35(48-5)34(24)47-4/h9-10,12-13,18-19,27H,8,11,14-17,20-21H2,1-7H3,(H,38,43)(H,39,42)/t27-/m0/s1. The molecule has 0 spiro atoms. The monoisotopic (exact) mass is 690 g/mol. The Bertz CT molecular complexity index is 1790. The highest BCUT2D eigenvalue weighted by Gasteiger charge is 2.30. The van der Waals surface area contributed by atoms with E-state index in [1.54, 1.807) is 53.6 Å². The predicted octanol–water partition coefficient (Wildman–Crippen LogP) is 3.65. The normalized spacial score (nSPS) is 15.5. The lowest BCUT2D eigenvalue weighted by molar-refractivity contribution is -0.131. The average Bonchev–Trinajstić information content (AvgIpc) is 3.37. The third-order valence-corrected chi connectivity index (χ3v) is 9.25. The number of fused-ring (bicyclic) bond motifs is 3. The zero-order valence-electron chi connectivity index (χ0n) is 29.8. The van der Waals surface area contributed by atoms with E-state index in [0.717, 1.165) is 16.7 Å². The van der Waals surface area contributed by atoms with Crippen molar-refractivity contribution in [1.29, 1.82) is 0 Å². The van der Waals surface area contributed by atoms with Gasteiger partial charge in [0.2, 0.25) is 28.7 Å². The van der Waals surface area contributed by atoms with Crippen LogP contribution in [-0.2, 0) is 22.6 Å². The molecule has 0 saturated carbocycles. The lowest BCUT2D eigenvalue weighted by Gasteiger charge is -2.35. The molecule has 0 aromatic heterocycles. The molecule has 0 radical (unpaired) electrons. The van der Waals surface area contributed by atoms with Crippen LogP contribution in [-0.4, -0.2) is 97.0 Å². The lowest BCUT2D eigenvalue weighted by Crippen LogP contribution is -2.49. The van der Waals surface area contributed by atoms with E-state index in [1.807, 2.05) is 24.3 Å². The van der Waals surface area contributed by atoms with Crippen molar-refractivity contribution in [3.63, 3.8) is 0 Å². The summed E-state index contributed by atoms with van der Waals surface area (Å²) in [4.78, 5) is 43.3. The van der Waals surface area contributed by atoms with Crippen molar-refractivity contribution >= 4 is 17.5 Å². The zero-order chi connectivity index (χ0) is 35.9. The maximum atomic E-state index is 13.7. The average molecular weight is 691 g/mol. The first-order chi connectivity index (χ1) is 24.2. The van der Waals surface area contributed by atoms with Crippen LogP contribution in [0.3, 0.4) is 0 Å². The van der Waals surface area contributed by atoms with E-state index in [4.69, 9.17) is 28.4 Å². The van der Waals surface area contributed by atoms with E-state index in [0.29, 0.717) is 91.2 Å². The fourth-order valence-electron chi connectivity index (χ4n) is 6.82. The number of ether oxygens (including phenoxy) is 6. The van der Waals surface area contributed by atoms with Crippen LogP contribution in [0.2, 0.25) is 0 Å². The number of rotatable bonds is 12. The van der Waals surface area contributed by atoms with Gasteiger partial charge in [-0.3, -0.25) is 19.3 Å². The Kier molecular flexibility index (Phi) is 11.6. The van der Waals surface area contributed by atoms with Gasteiger partial charge in [0.15, 0.2) is 23.0 Å². The molecule has 13 nitrogen and oxygen atoms in total. The molecule has 3 aromatic carbocycles. The highest BCUT2D eigenvalue weighted by Crippen LogP contribution is 2.50. The van der Waals surface area contributed by atoms with Gasteiger partial charge >= 0.3 is 0 Å². The van der Waals surface area contributed by atoms with E-state index in [2.05, 4.69) is 15.5 Å². The number of piperazine rings is 1. The third-order valence-electron chi connectivity index (χ3n) is 9.25. The SMILES string of the molecule is COc1ccc(CN2CCN(C(=O)CNc3ccc4c(cc3=O)[C@@H](NC(C)=O)CCc3cc(OC)c(OC)c(OC)c3-4)CC2)c(OC)c1OC. The fraction of sp³-hybridized carbons (Fsp3) is 0.432. The van der Waals surface area contributed by atoms with Crippen molar-refractivity contribution in [2.75, 3.05) is 80.7 Å². The fourth-order valence-corrected chi connectivity index (χ4v) is 6.82. The zero-order valence-corrected chi connectivity index (χ0v) is 29.8. The van der Waals surface area contributed by atoms with Gasteiger partial charge in [0.05, 0.1) is 60.9 Å². The Morgan fingerprint density at radius 2 is 1.44 bits per heavy atom. The molecule has 13 heteroatoms. The molecule has 50 heavy (non-hydrogen) atoms. The van der Waals surface area contributed by atoms with Crippen molar-refractivity contribution < 1.29 is 38.0 Å². The second kappa shape index (κ2) is 16.0. The molecular formula is C37H46N4O9. The number of nitrogens with one attached hydrogen (secondary N) is 2. The Balaban J connectivity index is 1.34. The number of nitrogens with zero attached hydrogens (tertiary/aromatic N) is 2. The first-order valence-electron chi connectivity index (χ1n) is 16.5.